The number of aliphatic hydroxyl groups is 1. The molecule has 1 heterocycles. The van der Waals surface area contributed by atoms with Gasteiger partial charge in [-0.3, -0.25) is 0 Å². The predicted molar refractivity (Wildman–Crippen MR) is 78.9 cm³/mol. The van der Waals surface area contributed by atoms with Crippen molar-refractivity contribution >= 4 is 10.0 Å². The first-order chi connectivity index (χ1) is 10.4. The summed E-state index contributed by atoms with van der Waals surface area (Å²) in [7, 11) is -4.02. The number of benzene rings is 1. The summed E-state index contributed by atoms with van der Waals surface area (Å²) in [5, 5.41) is 19.2. The number of hydrogen-bond acceptors (Lipinski definition) is 4. The maximum Gasteiger partial charge on any atom is 0.244 e. The van der Waals surface area contributed by atoms with Gasteiger partial charge in [-0.2, -0.15) is 9.57 Å². The number of halogens is 1. The zero-order valence-electron chi connectivity index (χ0n) is 12.4. The summed E-state index contributed by atoms with van der Waals surface area (Å²) in [6.45, 7) is 2.05. The van der Waals surface area contributed by atoms with Crippen molar-refractivity contribution < 1.29 is 17.9 Å². The lowest BCUT2D eigenvalue weighted by Crippen LogP contribution is -2.49. The van der Waals surface area contributed by atoms with Crippen LogP contribution in [0.15, 0.2) is 23.1 Å². The van der Waals surface area contributed by atoms with E-state index in [1.807, 2.05) is 0 Å². The molecule has 7 heteroatoms. The summed E-state index contributed by atoms with van der Waals surface area (Å²) in [5.74, 6) is -0.854. The van der Waals surface area contributed by atoms with E-state index in [1.54, 1.807) is 13.0 Å². The van der Waals surface area contributed by atoms with Gasteiger partial charge in [0, 0.05) is 6.54 Å². The monoisotopic (exact) mass is 326 g/mol. The normalized spacial score (nSPS) is 21.3. The highest BCUT2D eigenvalue weighted by Gasteiger charge is 2.38. The van der Waals surface area contributed by atoms with E-state index in [-0.39, 0.29) is 11.4 Å². The molecule has 0 radical (unpaired) electrons. The fourth-order valence-corrected chi connectivity index (χ4v) is 4.72. The second-order valence-corrected chi connectivity index (χ2v) is 7.24. The minimum absolute atomic E-state index is 0.269. The molecule has 2 atom stereocenters. The lowest BCUT2D eigenvalue weighted by molar-refractivity contribution is 0.0667. The molecule has 0 amide bonds. The molecule has 0 aliphatic carbocycles. The predicted octanol–water partition coefficient (Wildman–Crippen LogP) is 2.01. The van der Waals surface area contributed by atoms with Crippen molar-refractivity contribution in [2.45, 2.75) is 49.6 Å². The summed E-state index contributed by atoms with van der Waals surface area (Å²) in [4.78, 5) is -0.329. The lowest BCUT2D eigenvalue weighted by Gasteiger charge is -2.37. The third-order valence-electron chi connectivity index (χ3n) is 4.03. The van der Waals surface area contributed by atoms with Crippen LogP contribution < -0.4 is 0 Å². The molecule has 0 spiro atoms. The fourth-order valence-electron chi connectivity index (χ4n) is 2.84. The maximum absolute atomic E-state index is 13.7. The molecule has 1 N–H and O–H groups in total. The van der Waals surface area contributed by atoms with Gasteiger partial charge in [-0.25, -0.2) is 12.8 Å². The standard InChI is InChI=1S/C15H19FN2O3S/c1-2-14(19)13-7-3-4-9-18(13)22(20,21)15-8-5-6-12(16)11(15)10-17/h5-6,8,13-14,19H,2-4,7,9H2,1H3. The van der Waals surface area contributed by atoms with Gasteiger partial charge in [-0.15, -0.1) is 0 Å². The third-order valence-corrected chi connectivity index (χ3v) is 6.00. The molecule has 2 rings (SSSR count). The average Bonchev–Trinajstić information content (AvgIpc) is 2.53. The van der Waals surface area contributed by atoms with E-state index in [9.17, 15) is 17.9 Å². The first-order valence-electron chi connectivity index (χ1n) is 7.32. The number of sulfonamides is 1. The van der Waals surface area contributed by atoms with Crippen LogP contribution in [0.1, 0.15) is 38.2 Å². The molecule has 2 unspecified atom stereocenters. The van der Waals surface area contributed by atoms with E-state index in [0.717, 1.165) is 12.5 Å². The van der Waals surface area contributed by atoms with Crippen LogP contribution in [0.4, 0.5) is 4.39 Å². The first kappa shape index (κ1) is 16.9. The van der Waals surface area contributed by atoms with Crippen molar-refractivity contribution in [1.82, 2.24) is 4.31 Å². The van der Waals surface area contributed by atoms with Crippen LogP contribution in [0.5, 0.6) is 0 Å². The molecule has 1 saturated heterocycles. The molecule has 0 bridgehead atoms. The Kier molecular flexibility index (Phi) is 5.16. The fraction of sp³-hybridized carbons (Fsp3) is 0.533. The Labute approximate surface area is 130 Å². The quantitative estimate of drug-likeness (QED) is 0.917. The zero-order chi connectivity index (χ0) is 16.3. The Morgan fingerprint density at radius 3 is 2.86 bits per heavy atom. The first-order valence-corrected chi connectivity index (χ1v) is 8.76. The Morgan fingerprint density at radius 1 is 1.50 bits per heavy atom. The molecule has 1 aliphatic rings. The number of hydrogen-bond donors (Lipinski definition) is 1. The Hall–Kier alpha value is -1.49. The second-order valence-electron chi connectivity index (χ2n) is 5.38. The van der Waals surface area contributed by atoms with Crippen LogP contribution in [-0.4, -0.2) is 36.5 Å². The zero-order valence-corrected chi connectivity index (χ0v) is 13.2. The van der Waals surface area contributed by atoms with Crippen LogP contribution in [-0.2, 0) is 10.0 Å². The third kappa shape index (κ3) is 3.00. The van der Waals surface area contributed by atoms with Crippen molar-refractivity contribution in [2.24, 2.45) is 0 Å². The highest BCUT2D eigenvalue weighted by atomic mass is 32.2. The molecule has 5 nitrogen and oxygen atoms in total. The van der Waals surface area contributed by atoms with Crippen molar-refractivity contribution in [3.05, 3.63) is 29.6 Å². The largest absolute Gasteiger partial charge is 0.391 e. The molecule has 1 aromatic carbocycles. The van der Waals surface area contributed by atoms with E-state index in [0.29, 0.717) is 19.3 Å². The van der Waals surface area contributed by atoms with E-state index >= 15 is 0 Å². The summed E-state index contributed by atoms with van der Waals surface area (Å²) >= 11 is 0. The molecule has 120 valence electrons. The van der Waals surface area contributed by atoms with Crippen LogP contribution >= 0.6 is 0 Å². The van der Waals surface area contributed by atoms with Crippen LogP contribution in [0.3, 0.4) is 0 Å². The highest BCUT2D eigenvalue weighted by Crippen LogP contribution is 2.30. The van der Waals surface area contributed by atoms with E-state index in [4.69, 9.17) is 5.26 Å². The van der Waals surface area contributed by atoms with Crippen molar-refractivity contribution in [2.75, 3.05) is 6.54 Å². The molecular weight excluding hydrogens is 307 g/mol. The number of nitrogens with zero attached hydrogens (tertiary/aromatic N) is 2. The maximum atomic E-state index is 13.7. The summed E-state index contributed by atoms with van der Waals surface area (Å²) in [5.41, 5.74) is -0.474. The van der Waals surface area contributed by atoms with E-state index < -0.39 is 33.5 Å². The van der Waals surface area contributed by atoms with Gasteiger partial charge in [-0.05, 0) is 31.4 Å². The summed E-state index contributed by atoms with van der Waals surface area (Å²) in [6, 6.07) is 4.67. The molecule has 1 aliphatic heterocycles. The molecule has 0 saturated carbocycles. The number of aliphatic hydroxyl groups excluding tert-OH is 1. The van der Waals surface area contributed by atoms with Gasteiger partial charge in [0.2, 0.25) is 10.0 Å². The van der Waals surface area contributed by atoms with Crippen molar-refractivity contribution in [3.63, 3.8) is 0 Å². The smallest absolute Gasteiger partial charge is 0.244 e. The van der Waals surface area contributed by atoms with Gasteiger partial charge in [-0.1, -0.05) is 19.4 Å². The van der Waals surface area contributed by atoms with Gasteiger partial charge in [0.25, 0.3) is 0 Å². The number of piperidine rings is 1. The summed E-state index contributed by atoms with van der Waals surface area (Å²) in [6.07, 6.45) is 1.75. The van der Waals surface area contributed by atoms with Crippen LogP contribution in [0.2, 0.25) is 0 Å². The van der Waals surface area contributed by atoms with Crippen molar-refractivity contribution in [3.8, 4) is 6.07 Å². The summed E-state index contributed by atoms with van der Waals surface area (Å²) < 4.78 is 40.6. The SMILES string of the molecule is CCC(O)C1CCCCN1S(=O)(=O)c1cccc(F)c1C#N. The van der Waals surface area contributed by atoms with Crippen molar-refractivity contribution in [1.29, 1.82) is 5.26 Å². The molecule has 22 heavy (non-hydrogen) atoms. The van der Waals surface area contributed by atoms with Gasteiger partial charge in [0.15, 0.2) is 0 Å². The lowest BCUT2D eigenvalue weighted by atomic mass is 9.98. The van der Waals surface area contributed by atoms with Crippen LogP contribution in [0, 0.1) is 17.1 Å². The van der Waals surface area contributed by atoms with E-state index in [1.165, 1.54) is 16.4 Å². The topological polar surface area (TPSA) is 81.4 Å². The molecule has 0 aromatic heterocycles. The average molecular weight is 326 g/mol. The Morgan fingerprint density at radius 2 is 2.23 bits per heavy atom. The molecular formula is C15H19FN2O3S. The second kappa shape index (κ2) is 6.73. The van der Waals surface area contributed by atoms with Gasteiger partial charge in [0.1, 0.15) is 22.3 Å². The van der Waals surface area contributed by atoms with Crippen LogP contribution in [0.25, 0.3) is 0 Å². The Bertz CT molecular complexity index is 685. The molecule has 1 aromatic rings. The minimum atomic E-state index is -4.02. The molecule has 1 fully saturated rings. The highest BCUT2D eigenvalue weighted by molar-refractivity contribution is 7.89. The minimum Gasteiger partial charge on any atom is -0.391 e. The van der Waals surface area contributed by atoms with E-state index in [2.05, 4.69) is 0 Å². The number of nitriles is 1. The Balaban J connectivity index is 2.49. The van der Waals surface area contributed by atoms with Gasteiger partial charge >= 0.3 is 0 Å². The van der Waals surface area contributed by atoms with Gasteiger partial charge in [0.05, 0.1) is 12.1 Å². The van der Waals surface area contributed by atoms with Gasteiger partial charge < -0.3 is 5.11 Å². The number of rotatable bonds is 4.